The van der Waals surface area contributed by atoms with Crippen LogP contribution in [0.5, 0.6) is 0 Å². The third-order valence-corrected chi connectivity index (χ3v) is 2.85. The third kappa shape index (κ3) is 3.67. The number of alkyl halides is 3. The van der Waals surface area contributed by atoms with Crippen molar-refractivity contribution in [2.45, 2.75) is 32.1 Å². The highest BCUT2D eigenvalue weighted by Crippen LogP contribution is 2.19. The molecule has 1 saturated heterocycles. The number of halogens is 3. The average Bonchev–Trinajstić information content (AvgIpc) is 2.66. The van der Waals surface area contributed by atoms with Gasteiger partial charge in [-0.2, -0.15) is 18.2 Å². The van der Waals surface area contributed by atoms with E-state index in [2.05, 4.69) is 20.4 Å². The van der Waals surface area contributed by atoms with Gasteiger partial charge in [-0.1, -0.05) is 5.16 Å². The van der Waals surface area contributed by atoms with Gasteiger partial charge in [0.2, 0.25) is 5.89 Å². The summed E-state index contributed by atoms with van der Waals surface area (Å²) >= 11 is 0. The lowest BCUT2D eigenvalue weighted by Gasteiger charge is -2.32. The van der Waals surface area contributed by atoms with E-state index in [-0.39, 0.29) is 11.7 Å². The van der Waals surface area contributed by atoms with Crippen LogP contribution in [0, 0.1) is 0 Å². The molecule has 0 aliphatic carbocycles. The van der Waals surface area contributed by atoms with Crippen molar-refractivity contribution in [2.75, 3.05) is 19.6 Å². The summed E-state index contributed by atoms with van der Waals surface area (Å²) in [4.78, 5) is 5.86. The highest BCUT2D eigenvalue weighted by molar-refractivity contribution is 4.90. The van der Waals surface area contributed by atoms with Gasteiger partial charge in [-0.3, -0.25) is 4.90 Å². The smallest absolute Gasteiger partial charge is 0.338 e. The van der Waals surface area contributed by atoms with Crippen molar-refractivity contribution in [2.24, 2.45) is 0 Å². The predicted octanol–water partition coefficient (Wildman–Crippen LogP) is 0.968. The van der Waals surface area contributed by atoms with Crippen molar-refractivity contribution < 1.29 is 17.7 Å². The monoisotopic (exact) mass is 264 g/mol. The van der Waals surface area contributed by atoms with Crippen molar-refractivity contribution in [3.63, 3.8) is 0 Å². The molecule has 0 aromatic carbocycles. The van der Waals surface area contributed by atoms with Gasteiger partial charge in [-0.05, 0) is 6.92 Å². The van der Waals surface area contributed by atoms with Gasteiger partial charge in [0.05, 0.1) is 6.54 Å². The van der Waals surface area contributed by atoms with Crippen LogP contribution in [0.1, 0.15) is 18.6 Å². The number of hydrogen-bond acceptors (Lipinski definition) is 5. The topological polar surface area (TPSA) is 54.2 Å². The van der Waals surface area contributed by atoms with Gasteiger partial charge in [-0.25, -0.2) is 0 Å². The molecule has 0 amide bonds. The van der Waals surface area contributed by atoms with E-state index < -0.39 is 12.6 Å². The largest absolute Gasteiger partial charge is 0.396 e. The van der Waals surface area contributed by atoms with E-state index in [0.29, 0.717) is 12.6 Å². The molecule has 1 N–H and O–H groups in total. The number of aromatic nitrogens is 2. The third-order valence-electron chi connectivity index (χ3n) is 2.85. The van der Waals surface area contributed by atoms with Gasteiger partial charge < -0.3 is 9.84 Å². The van der Waals surface area contributed by atoms with E-state index in [4.69, 9.17) is 4.52 Å². The van der Waals surface area contributed by atoms with Crippen LogP contribution < -0.4 is 5.32 Å². The minimum Gasteiger partial charge on any atom is -0.338 e. The van der Waals surface area contributed by atoms with Crippen molar-refractivity contribution in [3.8, 4) is 0 Å². The molecule has 8 heteroatoms. The second-order valence-corrected chi connectivity index (χ2v) is 4.42. The lowest BCUT2D eigenvalue weighted by atomic mass is 10.2. The summed E-state index contributed by atoms with van der Waals surface area (Å²) in [7, 11) is 0. The lowest BCUT2D eigenvalue weighted by Crippen LogP contribution is -2.49. The molecule has 102 valence electrons. The Morgan fingerprint density at radius 1 is 1.50 bits per heavy atom. The minimum atomic E-state index is -4.30. The zero-order chi connectivity index (χ0) is 13.2. The van der Waals surface area contributed by atoms with Crippen molar-refractivity contribution in [1.29, 1.82) is 0 Å². The van der Waals surface area contributed by atoms with Gasteiger partial charge in [0, 0.05) is 25.7 Å². The second-order valence-electron chi connectivity index (χ2n) is 4.42. The highest BCUT2D eigenvalue weighted by atomic mass is 19.4. The highest BCUT2D eigenvalue weighted by Gasteiger charge is 2.31. The summed E-state index contributed by atoms with van der Waals surface area (Å²) in [5.74, 6) is -0.0664. The van der Waals surface area contributed by atoms with Crippen LogP contribution in [0.4, 0.5) is 13.2 Å². The van der Waals surface area contributed by atoms with E-state index in [9.17, 15) is 13.2 Å². The summed E-state index contributed by atoms with van der Waals surface area (Å²) in [6.07, 6.45) is -5.45. The number of nitrogens with zero attached hydrogens (tertiary/aromatic N) is 3. The van der Waals surface area contributed by atoms with Gasteiger partial charge in [-0.15, -0.1) is 0 Å². The molecule has 0 spiro atoms. The number of hydrogen-bond donors (Lipinski definition) is 1. The fraction of sp³-hybridized carbons (Fsp3) is 0.800. The number of piperazine rings is 1. The Morgan fingerprint density at radius 2 is 2.28 bits per heavy atom. The Balaban J connectivity index is 1.93. The van der Waals surface area contributed by atoms with Crippen LogP contribution in [0.2, 0.25) is 0 Å². The first-order chi connectivity index (χ1) is 8.44. The van der Waals surface area contributed by atoms with E-state index in [1.165, 1.54) is 0 Å². The Kier molecular flexibility index (Phi) is 3.86. The maximum Gasteiger partial charge on any atom is 0.396 e. The molecule has 1 aromatic heterocycles. The standard InChI is InChI=1S/C10H15F3N4O/c1-7-5-14-2-3-17(7)6-9-15-8(16-18-9)4-10(11,12)13/h7,14H,2-6H2,1H3/t7-/m0/s1. The fourth-order valence-electron chi connectivity index (χ4n) is 1.90. The van der Waals surface area contributed by atoms with Crippen LogP contribution >= 0.6 is 0 Å². The molecule has 1 fully saturated rings. The van der Waals surface area contributed by atoms with Gasteiger partial charge in [0.25, 0.3) is 0 Å². The average molecular weight is 264 g/mol. The van der Waals surface area contributed by atoms with Gasteiger partial charge in [0.1, 0.15) is 6.42 Å². The molecule has 0 bridgehead atoms. The maximum atomic E-state index is 12.1. The van der Waals surface area contributed by atoms with Crippen LogP contribution in [0.25, 0.3) is 0 Å². The summed E-state index contributed by atoms with van der Waals surface area (Å²) in [6.45, 7) is 4.96. The number of rotatable bonds is 3. The first-order valence-corrected chi connectivity index (χ1v) is 5.77. The van der Waals surface area contributed by atoms with Gasteiger partial charge >= 0.3 is 6.18 Å². The normalized spacial score (nSPS) is 22.3. The molecule has 0 radical (unpaired) electrons. The van der Waals surface area contributed by atoms with E-state index in [1.807, 2.05) is 6.92 Å². The van der Waals surface area contributed by atoms with E-state index >= 15 is 0 Å². The van der Waals surface area contributed by atoms with E-state index in [0.717, 1.165) is 19.6 Å². The Bertz CT molecular complexity index is 393. The molecular weight excluding hydrogens is 249 g/mol. The molecule has 0 unspecified atom stereocenters. The second kappa shape index (κ2) is 5.23. The summed E-state index contributed by atoms with van der Waals surface area (Å²) in [5.41, 5.74) is 0. The Hall–Kier alpha value is -1.15. The summed E-state index contributed by atoms with van der Waals surface area (Å²) in [5, 5.41) is 6.57. The molecule has 18 heavy (non-hydrogen) atoms. The summed E-state index contributed by atoms with van der Waals surface area (Å²) in [6, 6.07) is 0.303. The van der Waals surface area contributed by atoms with E-state index in [1.54, 1.807) is 0 Å². The lowest BCUT2D eigenvalue weighted by molar-refractivity contribution is -0.128. The molecule has 1 atom stereocenters. The maximum absolute atomic E-state index is 12.1. The van der Waals surface area contributed by atoms with Crippen LogP contribution in [-0.4, -0.2) is 46.9 Å². The van der Waals surface area contributed by atoms with Crippen molar-refractivity contribution >= 4 is 0 Å². The summed E-state index contributed by atoms with van der Waals surface area (Å²) < 4.78 is 41.2. The molecule has 2 rings (SSSR count). The Morgan fingerprint density at radius 3 is 2.94 bits per heavy atom. The number of nitrogens with one attached hydrogen (secondary N) is 1. The molecule has 1 aromatic rings. The van der Waals surface area contributed by atoms with Crippen LogP contribution in [-0.2, 0) is 13.0 Å². The van der Waals surface area contributed by atoms with Crippen molar-refractivity contribution in [3.05, 3.63) is 11.7 Å². The first kappa shape index (κ1) is 13.3. The first-order valence-electron chi connectivity index (χ1n) is 5.77. The molecule has 0 saturated carbocycles. The Labute approximate surface area is 102 Å². The zero-order valence-electron chi connectivity index (χ0n) is 10.00. The van der Waals surface area contributed by atoms with Gasteiger partial charge in [0.15, 0.2) is 5.82 Å². The predicted molar refractivity (Wildman–Crippen MR) is 56.8 cm³/mol. The SMILES string of the molecule is C[C@H]1CNCCN1Cc1nc(CC(F)(F)F)no1. The molecule has 1 aliphatic heterocycles. The zero-order valence-corrected chi connectivity index (χ0v) is 10.00. The molecule has 5 nitrogen and oxygen atoms in total. The fourth-order valence-corrected chi connectivity index (χ4v) is 1.90. The van der Waals surface area contributed by atoms with Crippen LogP contribution in [0.15, 0.2) is 4.52 Å². The van der Waals surface area contributed by atoms with Crippen LogP contribution in [0.3, 0.4) is 0 Å². The molecule has 2 heterocycles. The van der Waals surface area contributed by atoms with Crippen molar-refractivity contribution in [1.82, 2.24) is 20.4 Å². The molecular formula is C10H15F3N4O. The molecule has 1 aliphatic rings. The quantitative estimate of drug-likeness (QED) is 0.881. The minimum absolute atomic E-state index is 0.239.